The zero-order valence-electron chi connectivity index (χ0n) is 10.2. The lowest BCUT2D eigenvalue weighted by Crippen LogP contribution is -2.55. The average molecular weight is 211 g/mol. The van der Waals surface area contributed by atoms with Crippen molar-refractivity contribution in [1.29, 1.82) is 0 Å². The Morgan fingerprint density at radius 1 is 1.07 bits per heavy atom. The van der Waals surface area contributed by atoms with Gasteiger partial charge in [0.05, 0.1) is 5.60 Å². The van der Waals surface area contributed by atoms with Gasteiger partial charge < -0.3 is 10.4 Å². The second-order valence-corrected chi connectivity index (χ2v) is 6.27. The van der Waals surface area contributed by atoms with Crippen molar-refractivity contribution < 1.29 is 5.11 Å². The molecule has 0 amide bonds. The fourth-order valence-electron chi connectivity index (χ4n) is 3.02. The molecule has 2 aliphatic rings. The highest BCUT2D eigenvalue weighted by atomic mass is 16.3. The van der Waals surface area contributed by atoms with Crippen LogP contribution < -0.4 is 5.32 Å². The predicted molar refractivity (Wildman–Crippen MR) is 62.8 cm³/mol. The molecular formula is C13H25NO. The maximum Gasteiger partial charge on any atom is 0.0800 e. The zero-order valence-corrected chi connectivity index (χ0v) is 10.2. The Hall–Kier alpha value is -0.0800. The predicted octanol–water partition coefficient (Wildman–Crippen LogP) is 2.46. The normalized spacial score (nSPS) is 35.0. The molecule has 1 heterocycles. The first-order valence-corrected chi connectivity index (χ1v) is 6.48. The van der Waals surface area contributed by atoms with Crippen LogP contribution in [0.2, 0.25) is 0 Å². The van der Waals surface area contributed by atoms with Gasteiger partial charge in [-0.25, -0.2) is 0 Å². The van der Waals surface area contributed by atoms with Crippen molar-refractivity contribution in [2.24, 2.45) is 5.41 Å². The number of nitrogens with one attached hydrogen (secondary N) is 1. The van der Waals surface area contributed by atoms with Gasteiger partial charge in [-0.1, -0.05) is 20.3 Å². The summed E-state index contributed by atoms with van der Waals surface area (Å²) >= 11 is 0. The van der Waals surface area contributed by atoms with Crippen LogP contribution in [0.3, 0.4) is 0 Å². The molecule has 0 bridgehead atoms. The van der Waals surface area contributed by atoms with E-state index in [9.17, 15) is 5.11 Å². The lowest BCUT2D eigenvalue weighted by Gasteiger charge is -2.46. The Labute approximate surface area is 93.5 Å². The standard InChI is InChI=1S/C13H25NO/c1-12(2)6-8-13(15,9-7-12)11-5-3-4-10-14-11/h11,14-15H,3-10H2,1-2H3. The smallest absolute Gasteiger partial charge is 0.0800 e. The van der Waals surface area contributed by atoms with Crippen molar-refractivity contribution in [3.05, 3.63) is 0 Å². The molecule has 1 aliphatic carbocycles. The molecule has 2 nitrogen and oxygen atoms in total. The number of aliphatic hydroxyl groups is 1. The quantitative estimate of drug-likeness (QED) is 0.698. The van der Waals surface area contributed by atoms with Crippen LogP contribution in [0.4, 0.5) is 0 Å². The molecule has 2 rings (SSSR count). The largest absolute Gasteiger partial charge is 0.388 e. The summed E-state index contributed by atoms with van der Waals surface area (Å²) < 4.78 is 0. The molecule has 0 spiro atoms. The summed E-state index contributed by atoms with van der Waals surface area (Å²) in [5, 5.41) is 14.2. The van der Waals surface area contributed by atoms with Crippen LogP contribution in [-0.4, -0.2) is 23.3 Å². The van der Waals surface area contributed by atoms with Crippen LogP contribution in [0.1, 0.15) is 58.8 Å². The third kappa shape index (κ3) is 2.54. The summed E-state index contributed by atoms with van der Waals surface area (Å²) in [5.41, 5.74) is 0.0385. The second-order valence-electron chi connectivity index (χ2n) is 6.27. The maximum absolute atomic E-state index is 10.7. The molecule has 1 atom stereocenters. The van der Waals surface area contributed by atoms with Gasteiger partial charge in [0.1, 0.15) is 0 Å². The van der Waals surface area contributed by atoms with Gasteiger partial charge in [-0.2, -0.15) is 0 Å². The summed E-state index contributed by atoms with van der Waals surface area (Å²) in [6.45, 7) is 5.73. The molecule has 2 heteroatoms. The van der Waals surface area contributed by atoms with Gasteiger partial charge in [-0.15, -0.1) is 0 Å². The van der Waals surface area contributed by atoms with E-state index in [0.717, 1.165) is 25.8 Å². The van der Waals surface area contributed by atoms with Crippen LogP contribution in [0.15, 0.2) is 0 Å². The zero-order chi connectivity index (χ0) is 10.9. The summed E-state index contributed by atoms with van der Waals surface area (Å²) in [7, 11) is 0. The van der Waals surface area contributed by atoms with Crippen molar-refractivity contribution in [1.82, 2.24) is 5.32 Å². The van der Waals surface area contributed by atoms with Crippen molar-refractivity contribution in [2.45, 2.75) is 70.4 Å². The van der Waals surface area contributed by atoms with E-state index in [2.05, 4.69) is 19.2 Å². The summed E-state index contributed by atoms with van der Waals surface area (Å²) in [6, 6.07) is 0.363. The van der Waals surface area contributed by atoms with Gasteiger partial charge in [-0.05, 0) is 50.5 Å². The topological polar surface area (TPSA) is 32.3 Å². The van der Waals surface area contributed by atoms with Crippen LogP contribution in [0.5, 0.6) is 0 Å². The molecule has 88 valence electrons. The van der Waals surface area contributed by atoms with Gasteiger partial charge >= 0.3 is 0 Å². The van der Waals surface area contributed by atoms with Gasteiger partial charge in [0.15, 0.2) is 0 Å². The number of rotatable bonds is 1. The van der Waals surface area contributed by atoms with E-state index < -0.39 is 5.60 Å². The maximum atomic E-state index is 10.7. The Bertz CT molecular complexity index is 209. The Balaban J connectivity index is 1.95. The van der Waals surface area contributed by atoms with Gasteiger partial charge in [0.2, 0.25) is 0 Å². The van der Waals surface area contributed by atoms with E-state index in [0.29, 0.717) is 11.5 Å². The second kappa shape index (κ2) is 4.06. The molecule has 0 aromatic carbocycles. The first-order chi connectivity index (χ1) is 7.02. The van der Waals surface area contributed by atoms with Crippen molar-refractivity contribution in [2.75, 3.05) is 6.54 Å². The van der Waals surface area contributed by atoms with Gasteiger partial charge in [0.25, 0.3) is 0 Å². The van der Waals surface area contributed by atoms with Crippen molar-refractivity contribution in [3.63, 3.8) is 0 Å². The Morgan fingerprint density at radius 2 is 1.73 bits per heavy atom. The van der Waals surface area contributed by atoms with Gasteiger partial charge in [0, 0.05) is 6.04 Å². The molecule has 2 fully saturated rings. The number of hydrogen-bond donors (Lipinski definition) is 2. The third-order valence-corrected chi connectivity index (χ3v) is 4.43. The SMILES string of the molecule is CC1(C)CCC(O)(C2CCCCN2)CC1. The highest BCUT2D eigenvalue weighted by molar-refractivity contribution is 4.98. The van der Waals surface area contributed by atoms with Crippen molar-refractivity contribution in [3.8, 4) is 0 Å². The lowest BCUT2D eigenvalue weighted by molar-refractivity contribution is -0.0603. The summed E-state index contributed by atoms with van der Waals surface area (Å²) in [4.78, 5) is 0. The highest BCUT2D eigenvalue weighted by Crippen LogP contribution is 2.42. The van der Waals surface area contributed by atoms with Crippen LogP contribution in [0, 0.1) is 5.41 Å². The molecule has 0 aromatic rings. The van der Waals surface area contributed by atoms with Gasteiger partial charge in [-0.3, -0.25) is 0 Å². The molecule has 0 radical (unpaired) electrons. The molecule has 15 heavy (non-hydrogen) atoms. The highest BCUT2D eigenvalue weighted by Gasteiger charge is 2.42. The van der Waals surface area contributed by atoms with Crippen LogP contribution in [0.25, 0.3) is 0 Å². The molecule has 0 aromatic heterocycles. The summed E-state index contributed by atoms with van der Waals surface area (Å²) in [6.07, 6.45) is 8.02. The molecule has 1 saturated carbocycles. The first kappa shape index (κ1) is 11.4. The molecule has 1 saturated heterocycles. The van der Waals surface area contributed by atoms with E-state index >= 15 is 0 Å². The minimum absolute atomic E-state index is 0.363. The fourth-order valence-corrected chi connectivity index (χ4v) is 3.02. The molecule has 2 N–H and O–H groups in total. The average Bonchev–Trinajstić information content (AvgIpc) is 2.24. The van der Waals surface area contributed by atoms with Crippen LogP contribution >= 0.6 is 0 Å². The van der Waals surface area contributed by atoms with E-state index in [1.54, 1.807) is 0 Å². The minimum atomic E-state index is -0.407. The third-order valence-electron chi connectivity index (χ3n) is 4.43. The first-order valence-electron chi connectivity index (χ1n) is 6.48. The Morgan fingerprint density at radius 3 is 2.27 bits per heavy atom. The monoisotopic (exact) mass is 211 g/mol. The van der Waals surface area contributed by atoms with E-state index in [1.165, 1.54) is 25.7 Å². The van der Waals surface area contributed by atoms with E-state index in [1.807, 2.05) is 0 Å². The number of hydrogen-bond acceptors (Lipinski definition) is 2. The number of piperidine rings is 1. The van der Waals surface area contributed by atoms with E-state index in [4.69, 9.17) is 0 Å². The Kier molecular flexibility index (Phi) is 3.09. The van der Waals surface area contributed by atoms with Crippen LogP contribution in [-0.2, 0) is 0 Å². The van der Waals surface area contributed by atoms with E-state index in [-0.39, 0.29) is 0 Å². The lowest BCUT2D eigenvalue weighted by atomic mass is 9.67. The molecular weight excluding hydrogens is 186 g/mol. The molecule has 1 aliphatic heterocycles. The summed E-state index contributed by atoms with van der Waals surface area (Å²) in [5.74, 6) is 0. The fraction of sp³-hybridized carbons (Fsp3) is 1.00. The minimum Gasteiger partial charge on any atom is -0.388 e. The molecule has 1 unspecified atom stereocenters. The van der Waals surface area contributed by atoms with Crippen molar-refractivity contribution >= 4 is 0 Å².